The van der Waals surface area contributed by atoms with E-state index in [0.29, 0.717) is 65.2 Å². The number of imide groups is 2. The van der Waals surface area contributed by atoms with Crippen LogP contribution >= 0.6 is 0 Å². The van der Waals surface area contributed by atoms with E-state index in [0.717, 1.165) is 131 Å². The van der Waals surface area contributed by atoms with Gasteiger partial charge >= 0.3 is 0 Å². The Morgan fingerprint density at radius 1 is 0.750 bits per heavy atom. The summed E-state index contributed by atoms with van der Waals surface area (Å²) in [7, 11) is 2.12. The number of likely N-dealkylation sites (N-methyl/N-ethyl adjacent to an activating group) is 1. The van der Waals surface area contributed by atoms with Gasteiger partial charge in [-0.05, 0) is 111 Å². The summed E-state index contributed by atoms with van der Waals surface area (Å²) >= 11 is 0. The van der Waals surface area contributed by atoms with Gasteiger partial charge in [-0.3, -0.25) is 48.8 Å². The number of carbonyl (C=O) groups excluding carboxylic acids is 6. The average Bonchev–Trinajstić information content (AvgIpc) is 4.32. The van der Waals surface area contributed by atoms with Crippen LogP contribution in [0.1, 0.15) is 138 Å². The molecule has 0 bridgehead atoms. The zero-order valence-electron chi connectivity index (χ0n) is 45.2. The van der Waals surface area contributed by atoms with Crippen LogP contribution in [0.3, 0.4) is 0 Å². The predicted molar refractivity (Wildman–Crippen MR) is 299 cm³/mol. The summed E-state index contributed by atoms with van der Waals surface area (Å²) in [5.41, 5.74) is 5.83. The molecule has 6 amide bonds. The number of piperidine rings is 2. The molecule has 0 spiro atoms. The van der Waals surface area contributed by atoms with Crippen molar-refractivity contribution in [2.24, 2.45) is 0 Å². The molecule has 4 aromatic carbocycles. The third-order valence-corrected chi connectivity index (χ3v) is 15.8. The Balaban J connectivity index is 0.617. The summed E-state index contributed by atoms with van der Waals surface area (Å²) in [5, 5.41) is 28.8. The molecule has 6 heterocycles. The molecule has 1 unspecified atom stereocenters. The molecule has 3 fully saturated rings. The molecule has 0 radical (unpaired) electrons. The molecular formula is C59H69F2N13O6. The van der Waals surface area contributed by atoms with Crippen LogP contribution in [-0.4, -0.2) is 134 Å². The molecule has 0 aliphatic carbocycles. The third kappa shape index (κ3) is 13.3. The summed E-state index contributed by atoms with van der Waals surface area (Å²) in [6.45, 7) is 5.95. The molecule has 3 saturated heterocycles. The van der Waals surface area contributed by atoms with Gasteiger partial charge in [0.15, 0.2) is 5.82 Å². The highest BCUT2D eigenvalue weighted by molar-refractivity contribution is 6.25. The van der Waals surface area contributed by atoms with Gasteiger partial charge in [0.2, 0.25) is 17.7 Å². The van der Waals surface area contributed by atoms with E-state index in [4.69, 9.17) is 0 Å². The smallest absolute Gasteiger partial charge is 0.264 e. The minimum atomic E-state index is -1.03. The SMILES string of the molecule is CN1CCN(c2ccc(C(=O)Nc3n[nH]c4ccc(Cc5cc(F)cc(F)c5)cc34)c(NC3CCN(C(=O)CCCCCCCCCCCn4cc(CNc5cccc6c5C(=O)N(C5CCC(=O)NC5=O)C6=O)nn4)CC3)c2)CC1. The number of likely N-dealkylation sites (tertiary alicyclic amines) is 1. The molecule has 5 N–H and O–H groups in total. The van der Waals surface area contributed by atoms with Crippen molar-refractivity contribution >= 4 is 69.2 Å². The summed E-state index contributed by atoms with van der Waals surface area (Å²) in [6, 6.07) is 19.0. The number of hydrogen-bond donors (Lipinski definition) is 5. The van der Waals surface area contributed by atoms with Crippen molar-refractivity contribution < 1.29 is 37.5 Å². The van der Waals surface area contributed by atoms with E-state index in [9.17, 15) is 37.5 Å². The van der Waals surface area contributed by atoms with Crippen LogP contribution < -0.4 is 26.2 Å². The van der Waals surface area contributed by atoms with Crippen molar-refractivity contribution in [2.45, 2.75) is 121 Å². The molecular weight excluding hydrogens is 1020 g/mol. The molecule has 80 heavy (non-hydrogen) atoms. The molecule has 420 valence electrons. The van der Waals surface area contributed by atoms with Gasteiger partial charge in [-0.1, -0.05) is 62.3 Å². The lowest BCUT2D eigenvalue weighted by atomic mass is 10.0. The molecule has 1 atom stereocenters. The lowest BCUT2D eigenvalue weighted by Gasteiger charge is -2.35. The van der Waals surface area contributed by atoms with Gasteiger partial charge in [0.25, 0.3) is 17.7 Å². The number of H-pyrrole nitrogens is 1. The number of nitrogens with one attached hydrogen (secondary N) is 5. The number of unbranched alkanes of at least 4 members (excludes halogenated alkanes) is 8. The van der Waals surface area contributed by atoms with Crippen LogP contribution in [0.5, 0.6) is 0 Å². The standard InChI is InChI=1S/C59H69F2N13O6/c1-70-26-28-71(29-27-70)44-16-17-45(56(77)65-55-47-33-38(15-18-48(47)67-68-55)30-39-31-40(60)34-41(61)32-39)50(35-44)63-42-21-24-72(25-22-42)53(76)14-9-7-5-3-2-4-6-8-10-23-73-37-43(66-69-73)36-62-49-13-11-12-46-54(49)59(80)74(58(46)79)51-19-20-52(75)64-57(51)78/h11-13,15-18,31-35,37,42,51,62-63H,2-10,14,19-30,36H2,1H3,(H,64,75,78)(H2,65,67,68,77). The fraction of sp³-hybridized carbons (Fsp3) is 0.441. The number of benzene rings is 4. The first kappa shape index (κ1) is 55.3. The largest absolute Gasteiger partial charge is 0.381 e. The molecule has 21 heteroatoms. The Labute approximate surface area is 463 Å². The summed E-state index contributed by atoms with van der Waals surface area (Å²) < 4.78 is 29.7. The number of carbonyl (C=O) groups is 6. The lowest BCUT2D eigenvalue weighted by molar-refractivity contribution is -0.136. The lowest BCUT2D eigenvalue weighted by Crippen LogP contribution is -2.54. The topological polar surface area (TPSA) is 223 Å². The van der Waals surface area contributed by atoms with Crippen molar-refractivity contribution in [3.63, 3.8) is 0 Å². The zero-order chi connectivity index (χ0) is 55.7. The van der Waals surface area contributed by atoms with Crippen LogP contribution in [0.4, 0.5) is 31.7 Å². The van der Waals surface area contributed by atoms with Crippen molar-refractivity contribution in [1.82, 2.24) is 45.2 Å². The second kappa shape index (κ2) is 25.4. The number of rotatable bonds is 23. The Kier molecular flexibility index (Phi) is 17.5. The van der Waals surface area contributed by atoms with Gasteiger partial charge in [-0.25, -0.2) is 8.78 Å². The van der Waals surface area contributed by atoms with Crippen LogP contribution in [-0.2, 0) is 33.9 Å². The number of amides is 6. The van der Waals surface area contributed by atoms with Gasteiger partial charge in [0, 0.05) is 93.2 Å². The molecule has 6 aromatic rings. The van der Waals surface area contributed by atoms with E-state index in [-0.39, 0.29) is 48.4 Å². The maximum atomic E-state index is 14.2. The highest BCUT2D eigenvalue weighted by atomic mass is 19.1. The van der Waals surface area contributed by atoms with Gasteiger partial charge in [0.05, 0.1) is 34.9 Å². The monoisotopic (exact) mass is 1090 g/mol. The maximum Gasteiger partial charge on any atom is 0.264 e. The quantitative estimate of drug-likeness (QED) is 0.0303. The Bertz CT molecular complexity index is 3230. The number of aromatic amines is 1. The van der Waals surface area contributed by atoms with E-state index >= 15 is 0 Å². The van der Waals surface area contributed by atoms with Gasteiger partial charge < -0.3 is 30.7 Å². The van der Waals surface area contributed by atoms with E-state index in [1.54, 1.807) is 18.2 Å². The summed E-state index contributed by atoms with van der Waals surface area (Å²) in [5.74, 6) is -3.22. The van der Waals surface area contributed by atoms with Crippen LogP contribution in [0.2, 0.25) is 0 Å². The Morgan fingerprint density at radius 3 is 2.24 bits per heavy atom. The van der Waals surface area contributed by atoms with Crippen molar-refractivity contribution in [1.29, 1.82) is 0 Å². The number of piperazine rings is 1. The second-order valence-corrected chi connectivity index (χ2v) is 21.6. The third-order valence-electron chi connectivity index (χ3n) is 15.8. The number of fused-ring (bicyclic) bond motifs is 2. The van der Waals surface area contributed by atoms with Crippen LogP contribution in [0.15, 0.2) is 79.0 Å². The van der Waals surface area contributed by atoms with Crippen molar-refractivity contribution in [2.75, 3.05) is 67.2 Å². The summed E-state index contributed by atoms with van der Waals surface area (Å²) in [4.78, 5) is 85.8. The number of aromatic nitrogens is 5. The first-order valence-electron chi connectivity index (χ1n) is 28.2. The first-order chi connectivity index (χ1) is 38.8. The first-order valence-corrected chi connectivity index (χ1v) is 28.2. The second-order valence-electron chi connectivity index (χ2n) is 21.6. The van der Waals surface area contributed by atoms with Crippen LogP contribution in [0, 0.1) is 11.6 Å². The fourth-order valence-corrected chi connectivity index (χ4v) is 11.3. The van der Waals surface area contributed by atoms with E-state index < -0.39 is 41.3 Å². The molecule has 4 aliphatic rings. The highest BCUT2D eigenvalue weighted by Gasteiger charge is 2.45. The van der Waals surface area contributed by atoms with Gasteiger partial charge in [-0.2, -0.15) is 5.10 Å². The minimum Gasteiger partial charge on any atom is -0.381 e. The molecule has 19 nitrogen and oxygen atoms in total. The molecule has 4 aliphatic heterocycles. The maximum absolute atomic E-state index is 14.2. The van der Waals surface area contributed by atoms with E-state index in [1.165, 1.54) is 12.1 Å². The van der Waals surface area contributed by atoms with E-state index in [2.05, 4.69) is 64.7 Å². The normalized spacial score (nSPS) is 17.1. The van der Waals surface area contributed by atoms with E-state index in [1.807, 2.05) is 46.1 Å². The predicted octanol–water partition coefficient (Wildman–Crippen LogP) is 8.04. The highest BCUT2D eigenvalue weighted by Crippen LogP contribution is 2.34. The molecule has 2 aromatic heterocycles. The minimum absolute atomic E-state index is 0.0555. The van der Waals surface area contributed by atoms with Gasteiger partial charge in [-0.15, -0.1) is 5.10 Å². The number of hydrogen-bond acceptors (Lipinski definition) is 13. The molecule has 0 saturated carbocycles. The number of aryl methyl sites for hydroxylation is 1. The zero-order valence-corrected chi connectivity index (χ0v) is 45.2. The number of halogens is 2. The average molecular weight is 1090 g/mol. The van der Waals surface area contributed by atoms with Gasteiger partial charge in [0.1, 0.15) is 23.4 Å². The Morgan fingerprint density at radius 2 is 1.49 bits per heavy atom. The molecule has 10 rings (SSSR count). The Hall–Kier alpha value is -8.07. The van der Waals surface area contributed by atoms with Crippen LogP contribution in [0.25, 0.3) is 10.9 Å². The van der Waals surface area contributed by atoms with Crippen molar-refractivity contribution in [3.8, 4) is 0 Å². The summed E-state index contributed by atoms with van der Waals surface area (Å²) in [6.07, 6.45) is 14.0. The number of nitrogens with zero attached hydrogens (tertiary/aromatic N) is 8. The fourth-order valence-electron chi connectivity index (χ4n) is 11.3. The number of anilines is 4. The van der Waals surface area contributed by atoms with Crippen molar-refractivity contribution in [3.05, 3.63) is 124 Å².